The summed E-state index contributed by atoms with van der Waals surface area (Å²) in [6, 6.07) is 10.3. The minimum atomic E-state index is -0.0401. The van der Waals surface area contributed by atoms with Crippen LogP contribution >= 0.6 is 0 Å². The van der Waals surface area contributed by atoms with Gasteiger partial charge < -0.3 is 15.0 Å². The van der Waals surface area contributed by atoms with Crippen LogP contribution in [0.25, 0.3) is 11.1 Å². The number of anilines is 1. The molecule has 3 heterocycles. The van der Waals surface area contributed by atoms with Gasteiger partial charge in [0.25, 0.3) is 0 Å². The minimum absolute atomic E-state index is 0.0401. The summed E-state index contributed by atoms with van der Waals surface area (Å²) >= 11 is 0. The van der Waals surface area contributed by atoms with Crippen molar-refractivity contribution in [3.8, 4) is 11.1 Å². The molecule has 6 heteroatoms. The van der Waals surface area contributed by atoms with Gasteiger partial charge in [0.1, 0.15) is 0 Å². The Hall–Kier alpha value is -2.44. The monoisotopic (exact) mass is 352 g/mol. The Balaban J connectivity index is 1.47. The van der Waals surface area contributed by atoms with Crippen molar-refractivity contribution < 1.29 is 9.53 Å². The summed E-state index contributed by atoms with van der Waals surface area (Å²) in [6.45, 7) is 6.86. The number of morpholine rings is 1. The van der Waals surface area contributed by atoms with E-state index in [1.165, 1.54) is 0 Å². The van der Waals surface area contributed by atoms with Gasteiger partial charge in [-0.3, -0.25) is 9.88 Å². The number of pyridine rings is 1. The van der Waals surface area contributed by atoms with E-state index < -0.39 is 0 Å². The number of hydrogen-bond acceptors (Lipinski definition) is 4. The fourth-order valence-corrected chi connectivity index (χ4v) is 3.60. The molecule has 1 unspecified atom stereocenters. The number of nitrogens with one attached hydrogen (secondary N) is 1. The Bertz CT molecular complexity index is 781. The molecule has 2 amide bonds. The molecule has 26 heavy (non-hydrogen) atoms. The molecule has 2 saturated heterocycles. The normalized spacial score (nSPS) is 20.5. The molecule has 2 aliphatic heterocycles. The van der Waals surface area contributed by atoms with Gasteiger partial charge in [-0.2, -0.15) is 0 Å². The Morgan fingerprint density at radius 1 is 1.23 bits per heavy atom. The zero-order valence-electron chi connectivity index (χ0n) is 15.0. The first-order valence-electron chi connectivity index (χ1n) is 9.09. The fourth-order valence-electron chi connectivity index (χ4n) is 3.60. The topological polar surface area (TPSA) is 57.7 Å². The number of nitrogens with zero attached hydrogens (tertiary/aromatic N) is 3. The van der Waals surface area contributed by atoms with Crippen LogP contribution in [0.4, 0.5) is 10.5 Å². The lowest BCUT2D eigenvalue weighted by Crippen LogP contribution is -2.59. The molecule has 1 aromatic carbocycles. The van der Waals surface area contributed by atoms with E-state index in [2.05, 4.69) is 21.3 Å². The van der Waals surface area contributed by atoms with Crippen molar-refractivity contribution in [3.63, 3.8) is 0 Å². The number of aryl methyl sites for hydroxylation is 1. The molecule has 0 spiro atoms. The van der Waals surface area contributed by atoms with Gasteiger partial charge in [-0.05, 0) is 30.2 Å². The maximum atomic E-state index is 12.8. The van der Waals surface area contributed by atoms with Crippen molar-refractivity contribution in [2.45, 2.75) is 13.0 Å². The van der Waals surface area contributed by atoms with E-state index in [-0.39, 0.29) is 6.03 Å². The minimum Gasteiger partial charge on any atom is -0.378 e. The number of benzene rings is 1. The molecule has 0 bridgehead atoms. The van der Waals surface area contributed by atoms with Crippen molar-refractivity contribution in [1.29, 1.82) is 0 Å². The number of amides is 2. The predicted molar refractivity (Wildman–Crippen MR) is 101 cm³/mol. The standard InChI is InChI=1S/C20H24N4O2/c1-15-4-5-16(17-3-2-6-21-12-17)11-19(15)22-20(25)24-8-7-23-9-10-26-14-18(23)13-24/h2-6,11-12,18H,7-10,13-14H2,1H3,(H,22,25). The number of carbonyl (C=O) groups excluding carboxylic acids is 1. The second-order valence-corrected chi connectivity index (χ2v) is 6.91. The van der Waals surface area contributed by atoms with Crippen molar-refractivity contribution in [3.05, 3.63) is 48.3 Å². The molecule has 0 aliphatic carbocycles. The summed E-state index contributed by atoms with van der Waals surface area (Å²) in [5.74, 6) is 0. The highest BCUT2D eigenvalue weighted by molar-refractivity contribution is 5.91. The first kappa shape index (κ1) is 17.0. The molecule has 136 valence electrons. The molecule has 1 atom stereocenters. The third kappa shape index (κ3) is 3.57. The van der Waals surface area contributed by atoms with E-state index in [4.69, 9.17) is 4.74 Å². The zero-order valence-corrected chi connectivity index (χ0v) is 15.0. The summed E-state index contributed by atoms with van der Waals surface area (Å²) < 4.78 is 5.56. The number of carbonyl (C=O) groups is 1. The lowest BCUT2D eigenvalue weighted by Gasteiger charge is -2.43. The molecule has 0 saturated carbocycles. The highest BCUT2D eigenvalue weighted by atomic mass is 16.5. The van der Waals surface area contributed by atoms with Gasteiger partial charge in [-0.25, -0.2) is 4.79 Å². The van der Waals surface area contributed by atoms with E-state index in [0.29, 0.717) is 19.2 Å². The fraction of sp³-hybridized carbons (Fsp3) is 0.400. The lowest BCUT2D eigenvalue weighted by molar-refractivity contribution is -0.0355. The van der Waals surface area contributed by atoms with Gasteiger partial charge >= 0.3 is 6.03 Å². The summed E-state index contributed by atoms with van der Waals surface area (Å²) in [5.41, 5.74) is 3.98. The number of fused-ring (bicyclic) bond motifs is 1. The number of hydrogen-bond donors (Lipinski definition) is 1. The first-order valence-corrected chi connectivity index (χ1v) is 9.09. The van der Waals surface area contributed by atoms with Crippen molar-refractivity contribution in [2.75, 3.05) is 44.7 Å². The van der Waals surface area contributed by atoms with E-state index >= 15 is 0 Å². The molecular weight excluding hydrogens is 328 g/mol. The molecule has 2 fully saturated rings. The summed E-state index contributed by atoms with van der Waals surface area (Å²) in [6.07, 6.45) is 3.59. The zero-order chi connectivity index (χ0) is 17.9. The van der Waals surface area contributed by atoms with Crippen LogP contribution in [0.3, 0.4) is 0 Å². The van der Waals surface area contributed by atoms with Crippen LogP contribution < -0.4 is 5.32 Å². The highest BCUT2D eigenvalue weighted by Crippen LogP contribution is 2.25. The van der Waals surface area contributed by atoms with Crippen LogP contribution in [0.5, 0.6) is 0 Å². The average Bonchev–Trinajstić information content (AvgIpc) is 2.70. The molecule has 6 nitrogen and oxygen atoms in total. The molecular formula is C20H24N4O2. The van der Waals surface area contributed by atoms with Gasteiger partial charge in [0, 0.05) is 49.8 Å². The van der Waals surface area contributed by atoms with Crippen molar-refractivity contribution in [2.24, 2.45) is 0 Å². The average molecular weight is 352 g/mol. The summed E-state index contributed by atoms with van der Waals surface area (Å²) in [7, 11) is 0. The largest absolute Gasteiger partial charge is 0.378 e. The van der Waals surface area contributed by atoms with Crippen LogP contribution in [0.15, 0.2) is 42.7 Å². The quantitative estimate of drug-likeness (QED) is 0.903. The molecule has 2 aromatic rings. The summed E-state index contributed by atoms with van der Waals surface area (Å²) in [5, 5.41) is 3.09. The van der Waals surface area contributed by atoms with Crippen molar-refractivity contribution in [1.82, 2.24) is 14.8 Å². The third-order valence-corrected chi connectivity index (χ3v) is 5.20. The van der Waals surface area contributed by atoms with Crippen LogP contribution in [-0.4, -0.2) is 66.2 Å². The molecule has 4 rings (SSSR count). The van der Waals surface area contributed by atoms with E-state index in [1.54, 1.807) is 6.20 Å². The van der Waals surface area contributed by atoms with Crippen LogP contribution in [-0.2, 0) is 4.74 Å². The number of urea groups is 1. The number of aromatic nitrogens is 1. The Morgan fingerprint density at radius 2 is 2.15 bits per heavy atom. The Labute approximate surface area is 153 Å². The van der Waals surface area contributed by atoms with Crippen LogP contribution in [0.1, 0.15) is 5.56 Å². The van der Waals surface area contributed by atoms with Gasteiger partial charge in [-0.15, -0.1) is 0 Å². The predicted octanol–water partition coefficient (Wildman–Crippen LogP) is 2.61. The maximum absolute atomic E-state index is 12.8. The van der Waals surface area contributed by atoms with Crippen molar-refractivity contribution >= 4 is 11.7 Å². The van der Waals surface area contributed by atoms with Gasteiger partial charge in [0.05, 0.1) is 19.3 Å². The first-order chi connectivity index (χ1) is 12.7. The molecule has 0 radical (unpaired) electrons. The van der Waals surface area contributed by atoms with E-state index in [0.717, 1.165) is 48.6 Å². The van der Waals surface area contributed by atoms with Gasteiger partial charge in [-0.1, -0.05) is 18.2 Å². The Kier molecular flexibility index (Phi) is 4.86. The summed E-state index contributed by atoms with van der Waals surface area (Å²) in [4.78, 5) is 21.3. The third-order valence-electron chi connectivity index (χ3n) is 5.20. The SMILES string of the molecule is Cc1ccc(-c2cccnc2)cc1NC(=O)N1CCN2CCOCC2C1. The second kappa shape index (κ2) is 7.43. The second-order valence-electron chi connectivity index (χ2n) is 6.91. The molecule has 2 aliphatic rings. The van der Waals surface area contributed by atoms with E-state index in [1.807, 2.05) is 42.3 Å². The molecule has 1 aromatic heterocycles. The number of rotatable bonds is 2. The van der Waals surface area contributed by atoms with Crippen LogP contribution in [0, 0.1) is 6.92 Å². The highest BCUT2D eigenvalue weighted by Gasteiger charge is 2.31. The van der Waals surface area contributed by atoms with Gasteiger partial charge in [0.2, 0.25) is 0 Å². The van der Waals surface area contributed by atoms with E-state index in [9.17, 15) is 4.79 Å². The maximum Gasteiger partial charge on any atom is 0.321 e. The van der Waals surface area contributed by atoms with Crippen LogP contribution in [0.2, 0.25) is 0 Å². The molecule has 1 N–H and O–H groups in total. The number of piperazine rings is 1. The Morgan fingerprint density at radius 3 is 3.00 bits per heavy atom. The number of ether oxygens (including phenoxy) is 1. The lowest BCUT2D eigenvalue weighted by atomic mass is 10.0. The van der Waals surface area contributed by atoms with Gasteiger partial charge in [0.15, 0.2) is 0 Å². The smallest absolute Gasteiger partial charge is 0.321 e.